The van der Waals surface area contributed by atoms with Crippen LogP contribution < -0.4 is 5.32 Å². The molecular weight excluding hydrogens is 345 g/mol. The molecule has 0 radical (unpaired) electrons. The molecular formula is C22H18FNO3. The number of aryl methyl sites for hydroxylation is 1. The van der Waals surface area contributed by atoms with Gasteiger partial charge in [-0.1, -0.05) is 35.9 Å². The molecule has 5 heteroatoms. The van der Waals surface area contributed by atoms with Crippen molar-refractivity contribution in [3.8, 4) is 0 Å². The van der Waals surface area contributed by atoms with E-state index in [1.165, 1.54) is 12.1 Å². The lowest BCUT2D eigenvalue weighted by molar-refractivity contribution is 0.0472. The van der Waals surface area contributed by atoms with Crippen LogP contribution in [0.4, 0.5) is 10.1 Å². The average Bonchev–Trinajstić information content (AvgIpc) is 2.67. The van der Waals surface area contributed by atoms with Crippen molar-refractivity contribution in [2.75, 3.05) is 5.32 Å². The number of nitrogens with one attached hydrogen (secondary N) is 1. The van der Waals surface area contributed by atoms with Gasteiger partial charge in [-0.2, -0.15) is 0 Å². The predicted molar refractivity (Wildman–Crippen MR) is 101 cm³/mol. The van der Waals surface area contributed by atoms with Gasteiger partial charge < -0.3 is 10.1 Å². The first-order chi connectivity index (χ1) is 13.0. The largest absolute Gasteiger partial charge is 0.457 e. The molecule has 0 saturated heterocycles. The van der Waals surface area contributed by atoms with Crippen molar-refractivity contribution in [2.45, 2.75) is 13.5 Å². The molecule has 0 aliphatic rings. The van der Waals surface area contributed by atoms with Gasteiger partial charge in [0.05, 0.1) is 5.56 Å². The lowest BCUT2D eigenvalue weighted by atomic mass is 10.1. The van der Waals surface area contributed by atoms with Gasteiger partial charge in [-0.3, -0.25) is 4.79 Å². The van der Waals surface area contributed by atoms with Crippen molar-refractivity contribution in [1.82, 2.24) is 0 Å². The Kier molecular flexibility index (Phi) is 5.61. The molecule has 3 aromatic rings. The Bertz CT molecular complexity index is 967. The Morgan fingerprint density at radius 2 is 1.63 bits per heavy atom. The average molecular weight is 363 g/mol. The van der Waals surface area contributed by atoms with Gasteiger partial charge in [-0.05, 0) is 55.0 Å². The topological polar surface area (TPSA) is 55.4 Å². The second-order valence-electron chi connectivity index (χ2n) is 6.11. The highest BCUT2D eigenvalue weighted by molar-refractivity contribution is 6.05. The molecule has 0 spiro atoms. The molecule has 0 atom stereocenters. The number of esters is 1. The zero-order valence-electron chi connectivity index (χ0n) is 14.7. The highest BCUT2D eigenvalue weighted by atomic mass is 19.1. The van der Waals surface area contributed by atoms with E-state index >= 15 is 0 Å². The van der Waals surface area contributed by atoms with Crippen molar-refractivity contribution in [2.24, 2.45) is 0 Å². The van der Waals surface area contributed by atoms with E-state index in [0.29, 0.717) is 22.4 Å². The molecule has 0 bridgehead atoms. The first kappa shape index (κ1) is 18.3. The Balaban J connectivity index is 1.64. The monoisotopic (exact) mass is 363 g/mol. The maximum Gasteiger partial charge on any atom is 0.338 e. The SMILES string of the molecule is Cc1cccc(C(=O)Nc2cccc(C(=O)OCc3ccc(F)cc3)c2)c1. The lowest BCUT2D eigenvalue weighted by Crippen LogP contribution is -2.13. The summed E-state index contributed by atoms with van der Waals surface area (Å²) in [6.07, 6.45) is 0. The standard InChI is InChI=1S/C22H18FNO3/c1-15-4-2-5-17(12-15)21(25)24-20-7-3-6-18(13-20)22(26)27-14-16-8-10-19(23)11-9-16/h2-13H,14H2,1H3,(H,24,25). The lowest BCUT2D eigenvalue weighted by Gasteiger charge is -2.09. The molecule has 0 aromatic heterocycles. The fourth-order valence-electron chi connectivity index (χ4n) is 2.53. The van der Waals surface area contributed by atoms with E-state index in [4.69, 9.17) is 4.74 Å². The van der Waals surface area contributed by atoms with Crippen LogP contribution in [0.1, 0.15) is 31.8 Å². The molecule has 0 fully saturated rings. The Morgan fingerprint density at radius 3 is 2.37 bits per heavy atom. The van der Waals surface area contributed by atoms with Gasteiger partial charge in [-0.15, -0.1) is 0 Å². The van der Waals surface area contributed by atoms with E-state index in [1.807, 2.05) is 19.1 Å². The molecule has 0 saturated carbocycles. The zero-order valence-corrected chi connectivity index (χ0v) is 14.7. The second-order valence-corrected chi connectivity index (χ2v) is 6.11. The van der Waals surface area contributed by atoms with Crippen molar-refractivity contribution >= 4 is 17.6 Å². The Hall–Kier alpha value is -3.47. The predicted octanol–water partition coefficient (Wildman–Crippen LogP) is 4.74. The minimum atomic E-state index is -0.522. The van der Waals surface area contributed by atoms with Gasteiger partial charge in [0.25, 0.3) is 5.91 Å². The highest BCUT2D eigenvalue weighted by Gasteiger charge is 2.11. The third-order valence-electron chi connectivity index (χ3n) is 3.92. The molecule has 1 N–H and O–H groups in total. The van der Waals surface area contributed by atoms with Crippen LogP contribution in [-0.2, 0) is 11.3 Å². The summed E-state index contributed by atoms with van der Waals surface area (Å²) in [6.45, 7) is 1.95. The van der Waals surface area contributed by atoms with Gasteiger partial charge in [0.2, 0.25) is 0 Å². The number of hydrogen-bond acceptors (Lipinski definition) is 3. The number of carbonyl (C=O) groups excluding carboxylic acids is 2. The molecule has 4 nitrogen and oxygen atoms in total. The quantitative estimate of drug-likeness (QED) is 0.666. The third kappa shape index (κ3) is 5.01. The number of ether oxygens (including phenoxy) is 1. The van der Waals surface area contributed by atoms with Gasteiger partial charge in [0, 0.05) is 11.3 Å². The van der Waals surface area contributed by atoms with Gasteiger partial charge in [-0.25, -0.2) is 9.18 Å². The molecule has 0 heterocycles. The fraction of sp³-hybridized carbons (Fsp3) is 0.0909. The normalized spacial score (nSPS) is 10.3. The maximum absolute atomic E-state index is 12.9. The second kappa shape index (κ2) is 8.27. The Labute approximate surface area is 156 Å². The van der Waals surface area contributed by atoms with E-state index in [1.54, 1.807) is 48.5 Å². The summed E-state index contributed by atoms with van der Waals surface area (Å²) in [5.41, 5.74) is 3.03. The van der Waals surface area contributed by atoms with Crippen LogP contribution in [-0.4, -0.2) is 11.9 Å². The van der Waals surface area contributed by atoms with Crippen LogP contribution in [0.3, 0.4) is 0 Å². The van der Waals surface area contributed by atoms with Crippen molar-refractivity contribution < 1.29 is 18.7 Å². The molecule has 0 unspecified atom stereocenters. The minimum Gasteiger partial charge on any atom is -0.457 e. The van der Waals surface area contributed by atoms with E-state index < -0.39 is 5.97 Å². The van der Waals surface area contributed by atoms with E-state index in [0.717, 1.165) is 5.56 Å². The molecule has 0 aliphatic heterocycles. The number of amides is 1. The summed E-state index contributed by atoms with van der Waals surface area (Å²) in [5.74, 6) is -1.12. The van der Waals surface area contributed by atoms with Crippen LogP contribution in [0.2, 0.25) is 0 Å². The summed E-state index contributed by atoms with van der Waals surface area (Å²) in [5, 5.41) is 2.77. The van der Waals surface area contributed by atoms with Crippen LogP contribution in [0.15, 0.2) is 72.8 Å². The smallest absolute Gasteiger partial charge is 0.338 e. The van der Waals surface area contributed by atoms with Crippen LogP contribution in [0.5, 0.6) is 0 Å². The molecule has 3 rings (SSSR count). The van der Waals surface area contributed by atoms with Crippen LogP contribution >= 0.6 is 0 Å². The van der Waals surface area contributed by atoms with Crippen molar-refractivity contribution in [1.29, 1.82) is 0 Å². The first-order valence-corrected chi connectivity index (χ1v) is 8.41. The number of carbonyl (C=O) groups is 2. The molecule has 27 heavy (non-hydrogen) atoms. The van der Waals surface area contributed by atoms with E-state index in [-0.39, 0.29) is 18.3 Å². The number of benzene rings is 3. The summed E-state index contributed by atoms with van der Waals surface area (Å²) >= 11 is 0. The summed E-state index contributed by atoms with van der Waals surface area (Å²) in [6, 6.07) is 19.5. The number of rotatable bonds is 5. The van der Waals surface area contributed by atoms with Crippen LogP contribution in [0.25, 0.3) is 0 Å². The summed E-state index contributed by atoms with van der Waals surface area (Å²) in [4.78, 5) is 24.6. The minimum absolute atomic E-state index is 0.0407. The van der Waals surface area contributed by atoms with Gasteiger partial charge in [0.1, 0.15) is 12.4 Å². The number of anilines is 1. The number of hydrogen-bond donors (Lipinski definition) is 1. The fourth-order valence-corrected chi connectivity index (χ4v) is 2.53. The van der Waals surface area contributed by atoms with E-state index in [9.17, 15) is 14.0 Å². The van der Waals surface area contributed by atoms with Crippen LogP contribution in [0, 0.1) is 12.7 Å². The van der Waals surface area contributed by atoms with Gasteiger partial charge >= 0.3 is 5.97 Å². The molecule has 1 amide bonds. The first-order valence-electron chi connectivity index (χ1n) is 8.41. The molecule has 3 aromatic carbocycles. The molecule has 136 valence electrons. The highest BCUT2D eigenvalue weighted by Crippen LogP contribution is 2.15. The van der Waals surface area contributed by atoms with E-state index in [2.05, 4.69) is 5.32 Å². The maximum atomic E-state index is 12.9. The van der Waals surface area contributed by atoms with Crippen molar-refractivity contribution in [3.05, 3.63) is 101 Å². The summed E-state index contributed by atoms with van der Waals surface area (Å²) < 4.78 is 18.1. The summed E-state index contributed by atoms with van der Waals surface area (Å²) in [7, 11) is 0. The Morgan fingerprint density at radius 1 is 0.926 bits per heavy atom. The third-order valence-corrected chi connectivity index (χ3v) is 3.92. The van der Waals surface area contributed by atoms with Crippen molar-refractivity contribution in [3.63, 3.8) is 0 Å². The van der Waals surface area contributed by atoms with Gasteiger partial charge in [0.15, 0.2) is 0 Å². The number of halogens is 1. The molecule has 0 aliphatic carbocycles. The zero-order chi connectivity index (χ0) is 19.2.